The summed E-state index contributed by atoms with van der Waals surface area (Å²) in [6.07, 6.45) is 3.70. The van der Waals surface area contributed by atoms with E-state index in [1.54, 1.807) is 10.9 Å². The first-order valence-corrected chi connectivity index (χ1v) is 9.37. The number of amides is 1. The van der Waals surface area contributed by atoms with Crippen LogP contribution < -0.4 is 5.73 Å². The topological polar surface area (TPSA) is 89.9 Å². The second kappa shape index (κ2) is 7.08. The zero-order chi connectivity index (χ0) is 19.0. The Morgan fingerprint density at radius 2 is 2.19 bits per heavy atom. The molecule has 1 aliphatic rings. The predicted molar refractivity (Wildman–Crippen MR) is 104 cm³/mol. The van der Waals surface area contributed by atoms with Crippen LogP contribution >= 0.6 is 0 Å². The van der Waals surface area contributed by atoms with Gasteiger partial charge >= 0.3 is 0 Å². The van der Waals surface area contributed by atoms with Gasteiger partial charge in [-0.1, -0.05) is 18.2 Å². The second-order valence-corrected chi connectivity index (χ2v) is 7.33. The number of aromatic nitrogens is 4. The Balaban J connectivity index is 1.66. The van der Waals surface area contributed by atoms with E-state index >= 15 is 0 Å². The molecule has 2 atom stereocenters. The summed E-state index contributed by atoms with van der Waals surface area (Å²) >= 11 is 0. The van der Waals surface area contributed by atoms with E-state index in [2.05, 4.69) is 22.2 Å². The Kier molecular flexibility index (Phi) is 4.61. The smallest absolute Gasteiger partial charge is 0.276 e. The molecule has 0 saturated carbocycles. The highest BCUT2D eigenvalue weighted by atomic mass is 16.2. The van der Waals surface area contributed by atoms with Gasteiger partial charge in [0.1, 0.15) is 0 Å². The van der Waals surface area contributed by atoms with Crippen molar-refractivity contribution in [2.45, 2.75) is 32.7 Å². The fraction of sp³-hybridized carbons (Fsp3) is 0.400. The molecule has 4 rings (SSSR count). The van der Waals surface area contributed by atoms with Crippen LogP contribution in [0.3, 0.4) is 0 Å². The van der Waals surface area contributed by atoms with Gasteiger partial charge in [-0.15, -0.1) is 5.10 Å². The van der Waals surface area contributed by atoms with Crippen molar-refractivity contribution in [2.24, 2.45) is 11.7 Å². The van der Waals surface area contributed by atoms with Gasteiger partial charge in [0.25, 0.3) is 5.91 Å². The Hall–Kier alpha value is -2.80. The summed E-state index contributed by atoms with van der Waals surface area (Å²) in [5.41, 5.74) is 8.83. The van der Waals surface area contributed by atoms with Gasteiger partial charge in [0.2, 0.25) is 0 Å². The summed E-state index contributed by atoms with van der Waals surface area (Å²) in [5.74, 6) is 0.508. The molecule has 7 nitrogen and oxygen atoms in total. The summed E-state index contributed by atoms with van der Waals surface area (Å²) in [4.78, 5) is 19.3. The van der Waals surface area contributed by atoms with E-state index in [1.807, 2.05) is 42.2 Å². The van der Waals surface area contributed by atoms with Gasteiger partial charge in [-0.3, -0.25) is 9.78 Å². The number of rotatable bonds is 3. The minimum absolute atomic E-state index is 0.0672. The van der Waals surface area contributed by atoms with Crippen molar-refractivity contribution in [3.8, 4) is 5.69 Å². The molecule has 1 aliphatic heterocycles. The van der Waals surface area contributed by atoms with Crippen LogP contribution in [0.15, 0.2) is 36.5 Å². The van der Waals surface area contributed by atoms with Gasteiger partial charge in [-0.25, -0.2) is 4.68 Å². The van der Waals surface area contributed by atoms with Crippen LogP contribution in [-0.4, -0.2) is 49.9 Å². The number of nitrogens with zero attached hydrogens (tertiary/aromatic N) is 5. The zero-order valence-corrected chi connectivity index (χ0v) is 15.7. The summed E-state index contributed by atoms with van der Waals surface area (Å²) in [7, 11) is 0. The third-order valence-corrected chi connectivity index (χ3v) is 5.44. The van der Waals surface area contributed by atoms with Crippen LogP contribution in [0, 0.1) is 12.8 Å². The summed E-state index contributed by atoms with van der Waals surface area (Å²) in [6, 6.07) is 9.87. The van der Waals surface area contributed by atoms with E-state index in [0.717, 1.165) is 41.7 Å². The van der Waals surface area contributed by atoms with E-state index in [1.165, 1.54) is 0 Å². The molecule has 7 heteroatoms. The quantitative estimate of drug-likeness (QED) is 0.770. The van der Waals surface area contributed by atoms with Crippen LogP contribution in [0.2, 0.25) is 0 Å². The molecule has 1 fully saturated rings. The van der Waals surface area contributed by atoms with E-state index in [0.29, 0.717) is 18.2 Å². The minimum Gasteiger partial charge on any atom is -0.333 e. The maximum atomic E-state index is 13.1. The van der Waals surface area contributed by atoms with Crippen molar-refractivity contribution >= 4 is 16.8 Å². The number of hydrogen-bond acceptors (Lipinski definition) is 5. The highest BCUT2D eigenvalue weighted by Crippen LogP contribution is 2.25. The van der Waals surface area contributed by atoms with E-state index in [4.69, 9.17) is 5.73 Å². The molecule has 0 bridgehead atoms. The van der Waals surface area contributed by atoms with Crippen molar-refractivity contribution in [3.63, 3.8) is 0 Å². The van der Waals surface area contributed by atoms with E-state index < -0.39 is 0 Å². The lowest BCUT2D eigenvalue weighted by Gasteiger charge is -2.37. The first kappa shape index (κ1) is 17.6. The van der Waals surface area contributed by atoms with Crippen LogP contribution in [0.4, 0.5) is 0 Å². The summed E-state index contributed by atoms with van der Waals surface area (Å²) in [6.45, 7) is 5.28. The Bertz CT molecular complexity index is 982. The SMILES string of the molecule is Cc1c(C(=O)N2CCC(C)CC2CN)nnn1-c1ccc2ncccc2c1. The largest absolute Gasteiger partial charge is 0.333 e. The molecule has 1 amide bonds. The van der Waals surface area contributed by atoms with Crippen molar-refractivity contribution < 1.29 is 4.79 Å². The molecule has 2 aromatic heterocycles. The molecule has 0 radical (unpaired) electrons. The van der Waals surface area contributed by atoms with Crippen molar-refractivity contribution in [2.75, 3.05) is 13.1 Å². The number of piperidine rings is 1. The lowest BCUT2D eigenvalue weighted by molar-refractivity contribution is 0.0566. The molecule has 27 heavy (non-hydrogen) atoms. The van der Waals surface area contributed by atoms with Crippen molar-refractivity contribution in [3.05, 3.63) is 47.9 Å². The molecule has 3 aromatic rings. The fourth-order valence-electron chi connectivity index (χ4n) is 3.85. The van der Waals surface area contributed by atoms with Gasteiger partial charge in [-0.2, -0.15) is 0 Å². The number of fused-ring (bicyclic) bond motifs is 1. The van der Waals surface area contributed by atoms with Crippen LogP contribution in [0.1, 0.15) is 35.9 Å². The van der Waals surface area contributed by atoms with Gasteiger partial charge < -0.3 is 10.6 Å². The second-order valence-electron chi connectivity index (χ2n) is 7.33. The first-order valence-electron chi connectivity index (χ1n) is 9.37. The number of benzene rings is 1. The summed E-state index contributed by atoms with van der Waals surface area (Å²) < 4.78 is 1.71. The monoisotopic (exact) mass is 364 g/mol. The Labute approximate surface area is 158 Å². The molecule has 0 spiro atoms. The average Bonchev–Trinajstić information content (AvgIpc) is 3.08. The highest BCUT2D eigenvalue weighted by molar-refractivity contribution is 5.93. The molecule has 3 heterocycles. The third-order valence-electron chi connectivity index (χ3n) is 5.44. The average molecular weight is 364 g/mol. The molecule has 2 unspecified atom stereocenters. The van der Waals surface area contributed by atoms with E-state index in [-0.39, 0.29) is 11.9 Å². The van der Waals surface area contributed by atoms with E-state index in [9.17, 15) is 4.79 Å². The van der Waals surface area contributed by atoms with Gasteiger partial charge in [0, 0.05) is 30.7 Å². The normalized spacial score (nSPS) is 20.2. The van der Waals surface area contributed by atoms with Crippen LogP contribution in [0.25, 0.3) is 16.6 Å². The molecule has 140 valence electrons. The van der Waals surface area contributed by atoms with Gasteiger partial charge in [0.15, 0.2) is 5.69 Å². The van der Waals surface area contributed by atoms with Crippen molar-refractivity contribution in [1.29, 1.82) is 0 Å². The van der Waals surface area contributed by atoms with Crippen LogP contribution in [0.5, 0.6) is 0 Å². The summed E-state index contributed by atoms with van der Waals surface area (Å²) in [5, 5.41) is 9.46. The van der Waals surface area contributed by atoms with Gasteiger partial charge in [0.05, 0.1) is 16.9 Å². The molecule has 1 aromatic carbocycles. The minimum atomic E-state index is -0.0800. The number of carbonyl (C=O) groups is 1. The predicted octanol–water partition coefficient (Wildman–Crippen LogP) is 2.32. The molecular formula is C20H24N6O. The Morgan fingerprint density at radius 3 is 3.00 bits per heavy atom. The number of nitrogens with two attached hydrogens (primary N) is 1. The molecule has 1 saturated heterocycles. The standard InChI is InChI=1S/C20H24N6O/c1-13-7-9-25(17(10-13)12-21)20(27)19-14(2)26(24-23-19)16-5-6-18-15(11-16)4-3-8-22-18/h3-6,8,11,13,17H,7,9-10,12,21H2,1-2H3. The number of hydrogen-bond donors (Lipinski definition) is 1. The molecular weight excluding hydrogens is 340 g/mol. The fourth-order valence-corrected chi connectivity index (χ4v) is 3.85. The molecule has 2 N–H and O–H groups in total. The zero-order valence-electron chi connectivity index (χ0n) is 15.7. The third kappa shape index (κ3) is 3.19. The van der Waals surface area contributed by atoms with Crippen LogP contribution in [-0.2, 0) is 0 Å². The van der Waals surface area contributed by atoms with Gasteiger partial charge in [-0.05, 0) is 49.9 Å². The van der Waals surface area contributed by atoms with Crippen molar-refractivity contribution in [1.82, 2.24) is 24.9 Å². The maximum absolute atomic E-state index is 13.1. The first-order chi connectivity index (χ1) is 13.1. The number of pyridine rings is 1. The molecule has 0 aliphatic carbocycles. The number of likely N-dealkylation sites (tertiary alicyclic amines) is 1. The maximum Gasteiger partial charge on any atom is 0.276 e. The highest BCUT2D eigenvalue weighted by Gasteiger charge is 2.32. The Morgan fingerprint density at radius 1 is 1.33 bits per heavy atom. The number of carbonyl (C=O) groups excluding carboxylic acids is 1. The lowest BCUT2D eigenvalue weighted by Crippen LogP contribution is -2.49. The lowest BCUT2D eigenvalue weighted by atomic mass is 9.92.